The van der Waals surface area contributed by atoms with Crippen LogP contribution in [0.3, 0.4) is 0 Å². The van der Waals surface area contributed by atoms with Crippen LogP contribution in [0, 0.1) is 5.82 Å². The smallest absolute Gasteiger partial charge is 0.379 e. The molecule has 98 valence electrons. The first kappa shape index (κ1) is 14.3. The van der Waals surface area contributed by atoms with Gasteiger partial charge in [0.2, 0.25) is 0 Å². The van der Waals surface area contributed by atoms with Crippen LogP contribution in [0.2, 0.25) is 0 Å². The van der Waals surface area contributed by atoms with E-state index >= 15 is 0 Å². The van der Waals surface area contributed by atoms with Crippen LogP contribution in [0.5, 0.6) is 0 Å². The number of benzene rings is 1. The number of ketones is 1. The Morgan fingerprint density at radius 2 is 1.94 bits per heavy atom. The van der Waals surface area contributed by atoms with Crippen LogP contribution in [0.4, 0.5) is 4.39 Å². The first-order valence-electron chi connectivity index (χ1n) is 4.98. The Hall–Kier alpha value is -1.76. The van der Waals surface area contributed by atoms with E-state index < -0.39 is 32.3 Å². The zero-order valence-electron chi connectivity index (χ0n) is 9.77. The maximum Gasteiger partial charge on any atom is 0.379 e. The molecule has 1 aromatic carbocycles. The number of rotatable bonds is 4. The van der Waals surface area contributed by atoms with Gasteiger partial charge >= 0.3 is 5.97 Å². The first-order chi connectivity index (χ1) is 8.27. The molecule has 7 heteroatoms. The molecular formula is C11H11FO5S. The van der Waals surface area contributed by atoms with Crippen molar-refractivity contribution in [3.05, 3.63) is 29.6 Å². The van der Waals surface area contributed by atoms with E-state index in [1.807, 2.05) is 0 Å². The molecule has 0 amide bonds. The number of halogens is 1. The fraction of sp³-hybridized carbons (Fsp3) is 0.273. The predicted molar refractivity (Wildman–Crippen MR) is 60.5 cm³/mol. The summed E-state index contributed by atoms with van der Waals surface area (Å²) in [6.07, 6.45) is 0.810. The van der Waals surface area contributed by atoms with E-state index in [1.54, 1.807) is 0 Å². The number of carbonyl (C=O) groups excluding carboxylic acids is 2. The average Bonchev–Trinajstić information content (AvgIpc) is 2.27. The van der Waals surface area contributed by atoms with E-state index in [1.165, 1.54) is 6.92 Å². The highest BCUT2D eigenvalue weighted by Crippen LogP contribution is 2.17. The third-order valence-corrected chi connectivity index (χ3v) is 3.17. The third-order valence-electron chi connectivity index (χ3n) is 2.05. The van der Waals surface area contributed by atoms with Crippen molar-refractivity contribution in [3.63, 3.8) is 0 Å². The highest BCUT2D eigenvalue weighted by Gasteiger charge is 2.21. The number of Topliss-reactive ketones (excluding diaryl/α,β-unsaturated/α-hetero) is 1. The lowest BCUT2D eigenvalue weighted by molar-refractivity contribution is -0.137. The third kappa shape index (κ3) is 3.13. The average molecular weight is 274 g/mol. The molecule has 0 heterocycles. The molecule has 0 spiro atoms. The van der Waals surface area contributed by atoms with Crippen molar-refractivity contribution in [2.24, 2.45) is 0 Å². The molecule has 0 aromatic heterocycles. The van der Waals surface area contributed by atoms with Gasteiger partial charge in [-0.2, -0.15) is 0 Å². The topological polar surface area (TPSA) is 77.5 Å². The summed E-state index contributed by atoms with van der Waals surface area (Å²) in [5, 5.41) is 0. The highest BCUT2D eigenvalue weighted by molar-refractivity contribution is 7.90. The van der Waals surface area contributed by atoms with Crippen LogP contribution < -0.4 is 0 Å². The van der Waals surface area contributed by atoms with Gasteiger partial charge in [-0.3, -0.25) is 4.79 Å². The van der Waals surface area contributed by atoms with Crippen molar-refractivity contribution in [2.45, 2.75) is 11.8 Å². The largest absolute Gasteiger partial charge is 0.460 e. The molecule has 0 atom stereocenters. The molecule has 0 aliphatic rings. The van der Waals surface area contributed by atoms with E-state index in [4.69, 9.17) is 0 Å². The molecule has 5 nitrogen and oxygen atoms in total. The second-order valence-electron chi connectivity index (χ2n) is 3.47. The Kier molecular flexibility index (Phi) is 4.18. The quantitative estimate of drug-likeness (QED) is 0.464. The standard InChI is InChI=1S/C11H11FO5S/c1-3-17-11(14)10(13)7-4-5-8(12)9(6-7)18(2,15)16/h4-6H,3H2,1-2H3. The van der Waals surface area contributed by atoms with Gasteiger partial charge in [0.1, 0.15) is 10.7 Å². The van der Waals surface area contributed by atoms with E-state index in [0.717, 1.165) is 24.5 Å². The van der Waals surface area contributed by atoms with Crippen molar-refractivity contribution < 1.29 is 27.1 Å². The minimum absolute atomic E-state index is 0.0186. The maximum absolute atomic E-state index is 13.3. The maximum atomic E-state index is 13.3. The van der Waals surface area contributed by atoms with E-state index in [0.29, 0.717) is 0 Å². The van der Waals surface area contributed by atoms with Gasteiger partial charge in [-0.25, -0.2) is 17.6 Å². The van der Waals surface area contributed by atoms with Crippen molar-refractivity contribution >= 4 is 21.6 Å². The molecule has 1 rings (SSSR count). The van der Waals surface area contributed by atoms with Crippen LogP contribution in [-0.2, 0) is 19.4 Å². The van der Waals surface area contributed by atoms with Crippen LogP contribution in [-0.4, -0.2) is 33.0 Å². The lowest BCUT2D eigenvalue weighted by Gasteiger charge is -2.04. The zero-order chi connectivity index (χ0) is 13.9. The fourth-order valence-corrected chi connectivity index (χ4v) is 2.01. The van der Waals surface area contributed by atoms with Crippen molar-refractivity contribution in [1.82, 2.24) is 0 Å². The summed E-state index contributed by atoms with van der Waals surface area (Å²) in [5.41, 5.74) is -0.227. The van der Waals surface area contributed by atoms with Gasteiger partial charge in [0.25, 0.3) is 5.78 Å². The second kappa shape index (κ2) is 5.26. The molecular weight excluding hydrogens is 263 g/mol. The summed E-state index contributed by atoms with van der Waals surface area (Å²) in [6.45, 7) is 1.54. The van der Waals surface area contributed by atoms with E-state index in [-0.39, 0.29) is 12.2 Å². The Labute approximate surface area is 103 Å². The van der Waals surface area contributed by atoms with E-state index in [9.17, 15) is 22.4 Å². The van der Waals surface area contributed by atoms with Gasteiger partial charge in [0, 0.05) is 11.8 Å². The van der Waals surface area contributed by atoms with Gasteiger partial charge in [0.15, 0.2) is 9.84 Å². The van der Waals surface area contributed by atoms with Crippen molar-refractivity contribution in [3.8, 4) is 0 Å². The number of carbonyl (C=O) groups is 2. The molecule has 0 N–H and O–H groups in total. The molecule has 0 bridgehead atoms. The van der Waals surface area contributed by atoms with E-state index in [2.05, 4.69) is 4.74 Å². The number of sulfone groups is 1. The van der Waals surface area contributed by atoms with Crippen LogP contribution in [0.15, 0.2) is 23.1 Å². The van der Waals surface area contributed by atoms with Crippen LogP contribution in [0.1, 0.15) is 17.3 Å². The lowest BCUT2D eigenvalue weighted by atomic mass is 10.1. The summed E-state index contributed by atoms with van der Waals surface area (Å²) in [7, 11) is -3.81. The van der Waals surface area contributed by atoms with Crippen molar-refractivity contribution in [1.29, 1.82) is 0 Å². The van der Waals surface area contributed by atoms with Gasteiger partial charge in [-0.05, 0) is 25.1 Å². The zero-order valence-corrected chi connectivity index (χ0v) is 10.6. The Bertz CT molecular complexity index is 591. The molecule has 18 heavy (non-hydrogen) atoms. The number of hydrogen-bond acceptors (Lipinski definition) is 5. The Morgan fingerprint density at radius 1 is 1.33 bits per heavy atom. The van der Waals surface area contributed by atoms with Gasteiger partial charge in [0.05, 0.1) is 6.61 Å². The number of esters is 1. The summed E-state index contributed by atoms with van der Waals surface area (Å²) >= 11 is 0. The molecule has 0 aliphatic carbocycles. The van der Waals surface area contributed by atoms with Crippen LogP contribution in [0.25, 0.3) is 0 Å². The lowest BCUT2D eigenvalue weighted by Crippen LogP contribution is -2.18. The normalized spacial score (nSPS) is 11.1. The summed E-state index contributed by atoms with van der Waals surface area (Å²) in [4.78, 5) is 22.1. The predicted octanol–water partition coefficient (Wildman–Crippen LogP) is 0.975. The minimum Gasteiger partial charge on any atom is -0.460 e. The summed E-state index contributed by atoms with van der Waals surface area (Å²) in [6, 6.07) is 2.68. The molecule has 1 aromatic rings. The molecule has 0 aliphatic heterocycles. The molecule has 0 saturated heterocycles. The van der Waals surface area contributed by atoms with Gasteiger partial charge < -0.3 is 4.74 Å². The van der Waals surface area contributed by atoms with Gasteiger partial charge in [-0.1, -0.05) is 0 Å². The SMILES string of the molecule is CCOC(=O)C(=O)c1ccc(F)c(S(C)(=O)=O)c1. The molecule has 0 saturated carbocycles. The number of hydrogen-bond donors (Lipinski definition) is 0. The second-order valence-corrected chi connectivity index (χ2v) is 5.45. The monoisotopic (exact) mass is 274 g/mol. The molecule has 0 fully saturated rings. The Morgan fingerprint density at radius 3 is 2.44 bits per heavy atom. The van der Waals surface area contributed by atoms with Gasteiger partial charge in [-0.15, -0.1) is 0 Å². The molecule has 0 unspecified atom stereocenters. The molecule has 0 radical (unpaired) electrons. The fourth-order valence-electron chi connectivity index (χ4n) is 1.24. The first-order valence-corrected chi connectivity index (χ1v) is 6.87. The van der Waals surface area contributed by atoms with Crippen molar-refractivity contribution in [2.75, 3.05) is 12.9 Å². The van der Waals surface area contributed by atoms with Crippen LogP contribution >= 0.6 is 0 Å². The summed E-state index contributed by atoms with van der Waals surface area (Å²) in [5.74, 6) is -3.09. The Balaban J connectivity index is 3.22. The highest BCUT2D eigenvalue weighted by atomic mass is 32.2. The summed E-state index contributed by atoms with van der Waals surface area (Å²) < 4.78 is 40.3. The number of ether oxygens (including phenoxy) is 1. The minimum atomic E-state index is -3.81.